The minimum absolute atomic E-state index is 0.135. The number of rotatable bonds is 6. The Morgan fingerprint density at radius 1 is 1.40 bits per heavy atom. The highest BCUT2D eigenvalue weighted by atomic mass is 16.5. The summed E-state index contributed by atoms with van der Waals surface area (Å²) in [4.78, 5) is 11.0. The normalized spacial score (nSPS) is 20.1. The van der Waals surface area contributed by atoms with Crippen LogP contribution in [0.3, 0.4) is 0 Å². The molecule has 1 rings (SSSR count). The van der Waals surface area contributed by atoms with Crippen molar-refractivity contribution in [1.82, 2.24) is 5.32 Å². The van der Waals surface area contributed by atoms with Gasteiger partial charge in [0.25, 0.3) is 0 Å². The van der Waals surface area contributed by atoms with Gasteiger partial charge in [0, 0.05) is 12.6 Å². The summed E-state index contributed by atoms with van der Waals surface area (Å²) in [7, 11) is 1.44. The number of methoxy groups -OCH3 is 1. The molecule has 0 aliphatic heterocycles. The monoisotopic (exact) mass is 213 g/mol. The van der Waals surface area contributed by atoms with Gasteiger partial charge in [-0.3, -0.25) is 4.79 Å². The molecule has 1 fully saturated rings. The molecule has 0 aromatic carbocycles. The highest BCUT2D eigenvalue weighted by molar-refractivity contribution is 5.69. The molecule has 88 valence electrons. The van der Waals surface area contributed by atoms with Crippen molar-refractivity contribution in [3.8, 4) is 0 Å². The van der Waals surface area contributed by atoms with E-state index >= 15 is 0 Å². The molecule has 0 saturated heterocycles. The number of carbonyl (C=O) groups is 1. The summed E-state index contributed by atoms with van der Waals surface area (Å²) in [6.45, 7) is 7.62. The zero-order valence-corrected chi connectivity index (χ0v) is 10.3. The van der Waals surface area contributed by atoms with E-state index in [-0.39, 0.29) is 12.0 Å². The number of esters is 1. The van der Waals surface area contributed by atoms with Gasteiger partial charge in [0.05, 0.1) is 13.5 Å². The molecule has 1 atom stereocenters. The van der Waals surface area contributed by atoms with Crippen molar-refractivity contribution in [1.29, 1.82) is 0 Å². The molecule has 3 heteroatoms. The zero-order valence-electron chi connectivity index (χ0n) is 10.3. The fraction of sp³-hybridized carbons (Fsp3) is 0.917. The molecule has 15 heavy (non-hydrogen) atoms. The summed E-state index contributed by atoms with van der Waals surface area (Å²) >= 11 is 0. The van der Waals surface area contributed by atoms with Gasteiger partial charge in [-0.2, -0.15) is 0 Å². The van der Waals surface area contributed by atoms with Crippen LogP contribution >= 0.6 is 0 Å². The minimum Gasteiger partial charge on any atom is -0.469 e. The molecular formula is C12H23NO2. The second kappa shape index (κ2) is 4.97. The van der Waals surface area contributed by atoms with Crippen molar-refractivity contribution in [3.05, 3.63) is 0 Å². The molecule has 1 aliphatic rings. The van der Waals surface area contributed by atoms with Crippen LogP contribution in [-0.4, -0.2) is 25.7 Å². The van der Waals surface area contributed by atoms with Crippen LogP contribution in [0.5, 0.6) is 0 Å². The van der Waals surface area contributed by atoms with Crippen molar-refractivity contribution in [2.45, 2.75) is 46.1 Å². The van der Waals surface area contributed by atoms with Crippen LogP contribution in [-0.2, 0) is 9.53 Å². The molecular weight excluding hydrogens is 190 g/mol. The van der Waals surface area contributed by atoms with Crippen LogP contribution in [0, 0.1) is 11.3 Å². The van der Waals surface area contributed by atoms with Crippen molar-refractivity contribution in [3.63, 3.8) is 0 Å². The van der Waals surface area contributed by atoms with Gasteiger partial charge in [-0.15, -0.1) is 0 Å². The third-order valence-corrected chi connectivity index (χ3v) is 3.62. The van der Waals surface area contributed by atoms with Crippen molar-refractivity contribution < 1.29 is 9.53 Å². The molecule has 0 amide bonds. The average molecular weight is 213 g/mol. The second-order valence-corrected chi connectivity index (χ2v) is 5.08. The summed E-state index contributed by atoms with van der Waals surface area (Å²) in [5.74, 6) is 0.597. The van der Waals surface area contributed by atoms with Crippen LogP contribution in [0.4, 0.5) is 0 Å². The average Bonchev–Trinajstić information content (AvgIpc) is 2.95. The fourth-order valence-corrected chi connectivity index (χ4v) is 1.90. The van der Waals surface area contributed by atoms with Gasteiger partial charge in [-0.05, 0) is 31.1 Å². The highest BCUT2D eigenvalue weighted by Crippen LogP contribution is 2.51. The van der Waals surface area contributed by atoms with E-state index in [1.54, 1.807) is 0 Å². The summed E-state index contributed by atoms with van der Waals surface area (Å²) < 4.78 is 4.64. The molecule has 0 radical (unpaired) electrons. The lowest BCUT2D eigenvalue weighted by Crippen LogP contribution is -2.35. The Kier molecular flexibility index (Phi) is 4.14. The Hall–Kier alpha value is -0.570. The lowest BCUT2D eigenvalue weighted by atomic mass is 9.92. The Morgan fingerprint density at radius 2 is 2.00 bits per heavy atom. The van der Waals surface area contributed by atoms with Gasteiger partial charge >= 0.3 is 5.97 Å². The summed E-state index contributed by atoms with van der Waals surface area (Å²) in [6.07, 6.45) is 3.11. The summed E-state index contributed by atoms with van der Waals surface area (Å²) in [6, 6.07) is 0.216. The van der Waals surface area contributed by atoms with E-state index in [0.717, 1.165) is 12.5 Å². The molecule has 0 aromatic rings. The predicted octanol–water partition coefficient (Wildman–Crippen LogP) is 1.96. The van der Waals surface area contributed by atoms with E-state index in [1.165, 1.54) is 20.0 Å². The SMILES string of the molecule is COC(=O)CC(C)NCC1(C(C)C)CC1. The van der Waals surface area contributed by atoms with Gasteiger partial charge in [0.15, 0.2) is 0 Å². The zero-order chi connectivity index (χ0) is 11.5. The lowest BCUT2D eigenvalue weighted by Gasteiger charge is -2.22. The Labute approximate surface area is 92.6 Å². The maximum Gasteiger partial charge on any atom is 0.307 e. The third kappa shape index (κ3) is 3.49. The quantitative estimate of drug-likeness (QED) is 0.685. The number of nitrogens with one attached hydrogen (secondary N) is 1. The molecule has 0 aromatic heterocycles. The van der Waals surface area contributed by atoms with E-state index in [1.807, 2.05) is 6.92 Å². The first kappa shape index (κ1) is 12.5. The van der Waals surface area contributed by atoms with E-state index in [2.05, 4.69) is 23.9 Å². The van der Waals surface area contributed by atoms with Gasteiger partial charge in [0.1, 0.15) is 0 Å². The topological polar surface area (TPSA) is 38.3 Å². The molecule has 1 saturated carbocycles. The molecule has 1 N–H and O–H groups in total. The summed E-state index contributed by atoms with van der Waals surface area (Å²) in [5.41, 5.74) is 0.504. The fourth-order valence-electron chi connectivity index (χ4n) is 1.90. The standard InChI is InChI=1S/C12H23NO2/c1-9(2)12(5-6-12)8-13-10(3)7-11(14)15-4/h9-10,13H,5-8H2,1-4H3. The van der Waals surface area contributed by atoms with Crippen molar-refractivity contribution in [2.24, 2.45) is 11.3 Å². The van der Waals surface area contributed by atoms with E-state index < -0.39 is 0 Å². The second-order valence-electron chi connectivity index (χ2n) is 5.08. The van der Waals surface area contributed by atoms with Crippen LogP contribution < -0.4 is 5.32 Å². The maximum atomic E-state index is 11.0. The van der Waals surface area contributed by atoms with Crippen LogP contribution in [0.25, 0.3) is 0 Å². The molecule has 0 heterocycles. The molecule has 3 nitrogen and oxygen atoms in total. The van der Waals surface area contributed by atoms with Gasteiger partial charge in [-0.25, -0.2) is 0 Å². The third-order valence-electron chi connectivity index (χ3n) is 3.62. The first-order chi connectivity index (χ1) is 7.00. The van der Waals surface area contributed by atoms with E-state index in [0.29, 0.717) is 11.8 Å². The highest BCUT2D eigenvalue weighted by Gasteiger charge is 2.44. The number of hydrogen-bond donors (Lipinski definition) is 1. The lowest BCUT2D eigenvalue weighted by molar-refractivity contribution is -0.141. The Morgan fingerprint density at radius 3 is 2.40 bits per heavy atom. The minimum atomic E-state index is -0.135. The molecule has 1 aliphatic carbocycles. The van der Waals surface area contributed by atoms with Crippen LogP contribution in [0.1, 0.15) is 40.0 Å². The molecule has 0 bridgehead atoms. The van der Waals surface area contributed by atoms with Gasteiger partial charge in [0.2, 0.25) is 0 Å². The number of ether oxygens (including phenoxy) is 1. The Bertz CT molecular complexity index is 222. The van der Waals surface area contributed by atoms with Crippen molar-refractivity contribution >= 4 is 5.97 Å². The first-order valence-corrected chi connectivity index (χ1v) is 5.80. The largest absolute Gasteiger partial charge is 0.469 e. The van der Waals surface area contributed by atoms with Crippen molar-refractivity contribution in [2.75, 3.05) is 13.7 Å². The van der Waals surface area contributed by atoms with Crippen LogP contribution in [0.2, 0.25) is 0 Å². The number of carbonyl (C=O) groups excluding carboxylic acids is 1. The molecule has 1 unspecified atom stereocenters. The molecule has 0 spiro atoms. The number of hydrogen-bond acceptors (Lipinski definition) is 3. The Balaban J connectivity index is 2.22. The van der Waals surface area contributed by atoms with E-state index in [4.69, 9.17) is 0 Å². The van der Waals surface area contributed by atoms with Gasteiger partial charge < -0.3 is 10.1 Å². The predicted molar refractivity (Wildman–Crippen MR) is 60.6 cm³/mol. The maximum absolute atomic E-state index is 11.0. The first-order valence-electron chi connectivity index (χ1n) is 5.80. The van der Waals surface area contributed by atoms with Crippen LogP contribution in [0.15, 0.2) is 0 Å². The van der Waals surface area contributed by atoms with E-state index in [9.17, 15) is 4.79 Å². The smallest absolute Gasteiger partial charge is 0.307 e. The van der Waals surface area contributed by atoms with Gasteiger partial charge in [-0.1, -0.05) is 13.8 Å². The summed E-state index contributed by atoms with van der Waals surface area (Å²) in [5, 5.41) is 3.43.